The van der Waals surface area contributed by atoms with E-state index in [0.717, 1.165) is 21.2 Å². The third-order valence-corrected chi connectivity index (χ3v) is 3.86. The Bertz CT molecular complexity index is 688. The lowest BCUT2D eigenvalue weighted by Crippen LogP contribution is -2.02. The number of carbonyl (C=O) groups excluding carboxylic acids is 1. The molecule has 0 fully saturated rings. The van der Waals surface area contributed by atoms with Gasteiger partial charge in [-0.05, 0) is 23.8 Å². The summed E-state index contributed by atoms with van der Waals surface area (Å²) in [5.41, 5.74) is 1.83. The van der Waals surface area contributed by atoms with E-state index in [-0.39, 0.29) is 5.78 Å². The molecule has 0 radical (unpaired) electrons. The summed E-state index contributed by atoms with van der Waals surface area (Å²) in [6.07, 6.45) is 3.87. The van der Waals surface area contributed by atoms with E-state index in [1.54, 1.807) is 23.7 Å². The number of nitrogens with zero attached hydrogens (tertiary/aromatic N) is 1. The van der Waals surface area contributed by atoms with Crippen LogP contribution >= 0.6 is 11.3 Å². The number of pyridine rings is 1. The number of Topliss-reactive ketones (excluding diaryl/α,β-unsaturated/α-hetero) is 1. The SMILES string of the molecule is O=C(Cc1ccncc1)c1csc2ccccc12. The molecule has 0 unspecified atom stereocenters. The van der Waals surface area contributed by atoms with Crippen LogP contribution in [0.25, 0.3) is 10.1 Å². The van der Waals surface area contributed by atoms with E-state index in [1.165, 1.54) is 0 Å². The summed E-state index contributed by atoms with van der Waals surface area (Å²) in [6.45, 7) is 0. The highest BCUT2D eigenvalue weighted by atomic mass is 32.1. The van der Waals surface area contributed by atoms with E-state index >= 15 is 0 Å². The molecule has 18 heavy (non-hydrogen) atoms. The average Bonchev–Trinajstić information content (AvgIpc) is 2.84. The van der Waals surface area contributed by atoms with Gasteiger partial charge in [-0.15, -0.1) is 11.3 Å². The standard InChI is InChI=1S/C15H11NOS/c17-14(9-11-5-7-16-8-6-11)13-10-18-15-4-2-1-3-12(13)15/h1-8,10H,9H2. The normalized spacial score (nSPS) is 10.7. The van der Waals surface area contributed by atoms with Crippen LogP contribution in [0.4, 0.5) is 0 Å². The smallest absolute Gasteiger partial charge is 0.168 e. The zero-order valence-electron chi connectivity index (χ0n) is 9.67. The van der Waals surface area contributed by atoms with E-state index in [1.807, 2.05) is 41.8 Å². The number of carbonyl (C=O) groups is 1. The highest BCUT2D eigenvalue weighted by Gasteiger charge is 2.12. The van der Waals surface area contributed by atoms with Crippen LogP contribution in [0.1, 0.15) is 15.9 Å². The fraction of sp³-hybridized carbons (Fsp3) is 0.0667. The molecule has 3 heteroatoms. The maximum absolute atomic E-state index is 12.3. The predicted molar refractivity (Wildman–Crippen MR) is 74.1 cm³/mol. The Hall–Kier alpha value is -2.00. The molecule has 3 aromatic rings. The van der Waals surface area contributed by atoms with Crippen LogP contribution in [-0.2, 0) is 6.42 Å². The average molecular weight is 253 g/mol. The molecule has 0 aliphatic heterocycles. The second kappa shape index (κ2) is 4.70. The van der Waals surface area contributed by atoms with Gasteiger partial charge in [0.2, 0.25) is 0 Å². The molecule has 2 aromatic heterocycles. The zero-order valence-corrected chi connectivity index (χ0v) is 10.5. The quantitative estimate of drug-likeness (QED) is 0.666. The molecule has 0 N–H and O–H groups in total. The summed E-state index contributed by atoms with van der Waals surface area (Å²) in [5, 5.41) is 3.01. The molecule has 0 saturated heterocycles. The molecule has 3 rings (SSSR count). The molecule has 0 bridgehead atoms. The monoisotopic (exact) mass is 253 g/mol. The second-order valence-electron chi connectivity index (χ2n) is 4.10. The van der Waals surface area contributed by atoms with Crippen LogP contribution in [0.2, 0.25) is 0 Å². The number of rotatable bonds is 3. The number of hydrogen-bond acceptors (Lipinski definition) is 3. The number of aromatic nitrogens is 1. The first-order valence-corrected chi connectivity index (χ1v) is 6.61. The van der Waals surface area contributed by atoms with E-state index in [9.17, 15) is 4.79 Å². The van der Waals surface area contributed by atoms with Crippen molar-refractivity contribution in [3.05, 3.63) is 65.3 Å². The van der Waals surface area contributed by atoms with E-state index in [0.29, 0.717) is 6.42 Å². The van der Waals surface area contributed by atoms with Crippen molar-refractivity contribution in [3.8, 4) is 0 Å². The van der Waals surface area contributed by atoms with Crippen LogP contribution < -0.4 is 0 Å². The topological polar surface area (TPSA) is 30.0 Å². The van der Waals surface area contributed by atoms with Crippen LogP contribution in [0.15, 0.2) is 54.2 Å². The van der Waals surface area contributed by atoms with Gasteiger partial charge in [0.25, 0.3) is 0 Å². The van der Waals surface area contributed by atoms with Crippen molar-refractivity contribution in [1.29, 1.82) is 0 Å². The minimum absolute atomic E-state index is 0.165. The maximum Gasteiger partial charge on any atom is 0.168 e. The maximum atomic E-state index is 12.3. The lowest BCUT2D eigenvalue weighted by molar-refractivity contribution is 0.0995. The highest BCUT2D eigenvalue weighted by Crippen LogP contribution is 2.26. The Labute approximate surface area is 109 Å². The summed E-state index contributed by atoms with van der Waals surface area (Å²) < 4.78 is 1.16. The number of benzene rings is 1. The first-order valence-electron chi connectivity index (χ1n) is 5.73. The number of hydrogen-bond donors (Lipinski definition) is 0. The van der Waals surface area contributed by atoms with Crippen molar-refractivity contribution in [3.63, 3.8) is 0 Å². The van der Waals surface area contributed by atoms with Gasteiger partial charge in [-0.25, -0.2) is 0 Å². The Morgan fingerprint density at radius 1 is 1.11 bits per heavy atom. The molecule has 0 saturated carbocycles. The van der Waals surface area contributed by atoms with Gasteiger partial charge in [0.05, 0.1) is 0 Å². The minimum Gasteiger partial charge on any atom is -0.294 e. The fourth-order valence-electron chi connectivity index (χ4n) is 1.97. The predicted octanol–water partition coefficient (Wildman–Crippen LogP) is 3.72. The van der Waals surface area contributed by atoms with Crippen LogP contribution in [0, 0.1) is 0 Å². The molecule has 2 nitrogen and oxygen atoms in total. The van der Waals surface area contributed by atoms with Crippen molar-refractivity contribution in [2.45, 2.75) is 6.42 Å². The summed E-state index contributed by atoms with van der Waals surface area (Å²) >= 11 is 1.62. The van der Waals surface area contributed by atoms with Gasteiger partial charge in [0.15, 0.2) is 5.78 Å². The molecular weight excluding hydrogens is 242 g/mol. The van der Waals surface area contributed by atoms with Gasteiger partial charge in [0.1, 0.15) is 0 Å². The molecular formula is C15H11NOS. The molecule has 0 atom stereocenters. The Morgan fingerprint density at radius 3 is 2.72 bits per heavy atom. The number of thiophene rings is 1. The fourth-order valence-corrected chi connectivity index (χ4v) is 2.94. The van der Waals surface area contributed by atoms with Crippen molar-refractivity contribution >= 4 is 27.2 Å². The van der Waals surface area contributed by atoms with Crippen LogP contribution in [0.3, 0.4) is 0 Å². The van der Waals surface area contributed by atoms with Gasteiger partial charge < -0.3 is 0 Å². The van der Waals surface area contributed by atoms with Crippen molar-refractivity contribution < 1.29 is 4.79 Å². The third-order valence-electron chi connectivity index (χ3n) is 2.90. The molecule has 0 aliphatic carbocycles. The van der Waals surface area contributed by atoms with E-state index < -0.39 is 0 Å². The number of fused-ring (bicyclic) bond motifs is 1. The van der Waals surface area contributed by atoms with Crippen LogP contribution in [0.5, 0.6) is 0 Å². The highest BCUT2D eigenvalue weighted by molar-refractivity contribution is 7.17. The van der Waals surface area contributed by atoms with Gasteiger partial charge in [-0.2, -0.15) is 0 Å². The summed E-state index contributed by atoms with van der Waals surface area (Å²) in [5.74, 6) is 0.165. The summed E-state index contributed by atoms with van der Waals surface area (Å²) in [4.78, 5) is 16.2. The first kappa shape index (κ1) is 11.1. The van der Waals surface area contributed by atoms with Crippen molar-refractivity contribution in [2.24, 2.45) is 0 Å². The van der Waals surface area contributed by atoms with E-state index in [4.69, 9.17) is 0 Å². The third kappa shape index (κ3) is 2.05. The van der Waals surface area contributed by atoms with Gasteiger partial charge in [-0.1, -0.05) is 18.2 Å². The van der Waals surface area contributed by atoms with Crippen LogP contribution in [-0.4, -0.2) is 10.8 Å². The lowest BCUT2D eigenvalue weighted by Gasteiger charge is -1.99. The number of ketones is 1. The molecule has 88 valence electrons. The lowest BCUT2D eigenvalue weighted by atomic mass is 10.0. The van der Waals surface area contributed by atoms with Gasteiger partial charge >= 0.3 is 0 Å². The Morgan fingerprint density at radius 2 is 1.89 bits per heavy atom. The largest absolute Gasteiger partial charge is 0.294 e. The zero-order chi connectivity index (χ0) is 12.4. The van der Waals surface area contributed by atoms with Gasteiger partial charge in [-0.3, -0.25) is 9.78 Å². The molecule has 2 heterocycles. The summed E-state index contributed by atoms with van der Waals surface area (Å²) in [6, 6.07) is 11.8. The Kier molecular flexibility index (Phi) is 2.90. The minimum atomic E-state index is 0.165. The molecule has 0 spiro atoms. The molecule has 0 aliphatic rings. The molecule has 0 amide bonds. The van der Waals surface area contributed by atoms with Crippen molar-refractivity contribution in [1.82, 2.24) is 4.98 Å². The second-order valence-corrected chi connectivity index (χ2v) is 5.01. The molecule has 1 aromatic carbocycles. The first-order chi connectivity index (χ1) is 8.84. The Balaban J connectivity index is 1.93. The van der Waals surface area contributed by atoms with Gasteiger partial charge in [0, 0.05) is 39.8 Å². The van der Waals surface area contributed by atoms with E-state index in [2.05, 4.69) is 4.98 Å². The summed E-state index contributed by atoms with van der Waals surface area (Å²) in [7, 11) is 0. The van der Waals surface area contributed by atoms with Crippen molar-refractivity contribution in [2.75, 3.05) is 0 Å².